The largest absolute Gasteiger partial charge is 0.438 e. The molecule has 164 valence electrons. The van der Waals surface area contributed by atoms with Gasteiger partial charge in [-0.3, -0.25) is 0 Å². The summed E-state index contributed by atoms with van der Waals surface area (Å²) in [7, 11) is -1.33. The van der Waals surface area contributed by atoms with Gasteiger partial charge in [0.25, 0.3) is 0 Å². The number of nitrogens with zero attached hydrogens (tertiary/aromatic N) is 4. The van der Waals surface area contributed by atoms with Crippen molar-refractivity contribution in [1.82, 2.24) is 9.88 Å². The fourth-order valence-electron chi connectivity index (χ4n) is 2.15. The van der Waals surface area contributed by atoms with E-state index in [0.717, 1.165) is 12.8 Å². The summed E-state index contributed by atoms with van der Waals surface area (Å²) in [6.07, 6.45) is -1.66. The Balaban J connectivity index is 2.29. The smallest absolute Gasteiger partial charge is 0.408 e. The number of pyridine rings is 1. The molecule has 1 aromatic heterocycles. The first-order chi connectivity index (χ1) is 13.9. The predicted molar refractivity (Wildman–Crippen MR) is 115 cm³/mol. The Morgan fingerprint density at radius 2 is 2.03 bits per heavy atom. The highest BCUT2D eigenvalue weighted by Gasteiger charge is 2.27. The number of benzene rings is 1. The zero-order valence-electron chi connectivity index (χ0n) is 16.9. The highest BCUT2D eigenvalue weighted by Crippen LogP contribution is 2.33. The molecular weight excluding hydrogens is 485 g/mol. The van der Waals surface area contributed by atoms with Gasteiger partial charge in [-0.2, -0.15) is 13.2 Å². The highest BCUT2D eigenvalue weighted by atomic mass is 79.9. The Morgan fingerprint density at radius 3 is 2.67 bits per heavy atom. The fraction of sp³-hybridized carbons (Fsp3) is 0.368. The number of aromatic nitrogens is 1. The summed E-state index contributed by atoms with van der Waals surface area (Å²) >= 11 is 3.39. The summed E-state index contributed by atoms with van der Waals surface area (Å²) in [6.45, 7) is 3.12. The summed E-state index contributed by atoms with van der Waals surface area (Å²) in [5.74, 6) is 0.529. The number of hydrogen-bond donors (Lipinski definition) is 0. The minimum Gasteiger partial charge on any atom is -0.438 e. The number of rotatable bonds is 7. The molecule has 0 aliphatic rings. The van der Waals surface area contributed by atoms with Gasteiger partial charge < -0.3 is 9.64 Å². The van der Waals surface area contributed by atoms with E-state index in [4.69, 9.17) is 4.74 Å². The fourth-order valence-corrected chi connectivity index (χ4v) is 3.74. The van der Waals surface area contributed by atoms with E-state index >= 15 is 0 Å². The molecule has 2 aromatic rings. The van der Waals surface area contributed by atoms with Crippen molar-refractivity contribution in [3.8, 4) is 11.6 Å². The summed E-state index contributed by atoms with van der Waals surface area (Å²) < 4.78 is 59.5. The SMILES string of the molecule is CCN(C)/C=N\c1cc(Br)c(Oc2cccc(S(C)(=O)=NCC(F)(F)F)c2)nc1C. The van der Waals surface area contributed by atoms with Crippen LogP contribution in [-0.2, 0) is 9.73 Å². The van der Waals surface area contributed by atoms with Crippen molar-refractivity contribution in [3.05, 3.63) is 40.5 Å². The third-order valence-electron chi connectivity index (χ3n) is 3.95. The minimum absolute atomic E-state index is 0.140. The molecule has 0 aliphatic carbocycles. The van der Waals surface area contributed by atoms with Crippen molar-refractivity contribution in [2.45, 2.75) is 24.9 Å². The van der Waals surface area contributed by atoms with Gasteiger partial charge >= 0.3 is 6.18 Å². The van der Waals surface area contributed by atoms with Gasteiger partial charge in [-0.15, -0.1) is 0 Å². The molecule has 0 radical (unpaired) electrons. The second-order valence-corrected chi connectivity index (χ2v) is 9.67. The number of aliphatic imine (C=N–C) groups is 1. The molecule has 1 unspecified atom stereocenters. The quantitative estimate of drug-likeness (QED) is 0.363. The first-order valence-corrected chi connectivity index (χ1v) is 11.6. The van der Waals surface area contributed by atoms with Crippen molar-refractivity contribution >= 4 is 37.7 Å². The third kappa shape index (κ3) is 6.98. The second kappa shape index (κ2) is 9.78. The second-order valence-electron chi connectivity index (χ2n) is 6.48. The van der Waals surface area contributed by atoms with Gasteiger partial charge in [0.2, 0.25) is 5.88 Å². The van der Waals surface area contributed by atoms with Crippen LogP contribution < -0.4 is 4.74 Å². The first kappa shape index (κ1) is 24.1. The van der Waals surface area contributed by atoms with E-state index in [9.17, 15) is 17.4 Å². The highest BCUT2D eigenvalue weighted by molar-refractivity contribution is 9.10. The van der Waals surface area contributed by atoms with Crippen LogP contribution in [0.15, 0.2) is 49.1 Å². The molecule has 2 rings (SSSR count). The zero-order chi connectivity index (χ0) is 22.5. The summed E-state index contributed by atoms with van der Waals surface area (Å²) in [5, 5.41) is 0. The third-order valence-corrected chi connectivity index (χ3v) is 6.27. The van der Waals surface area contributed by atoms with Crippen LogP contribution in [0, 0.1) is 6.92 Å². The molecule has 6 nitrogen and oxygen atoms in total. The molecular formula is C19H22BrF3N4O2S. The normalized spacial score (nSPS) is 13.9. The molecule has 0 amide bonds. The topological polar surface area (TPSA) is 67.2 Å². The van der Waals surface area contributed by atoms with Crippen LogP contribution in [-0.4, -0.2) is 53.0 Å². The number of alkyl halides is 3. The molecule has 0 spiro atoms. The molecule has 0 aliphatic heterocycles. The van der Waals surface area contributed by atoms with Gasteiger partial charge in [0.1, 0.15) is 12.3 Å². The maximum absolute atomic E-state index is 12.6. The van der Waals surface area contributed by atoms with Crippen LogP contribution in [0.1, 0.15) is 12.6 Å². The lowest BCUT2D eigenvalue weighted by atomic mass is 10.3. The molecule has 1 aromatic carbocycles. The van der Waals surface area contributed by atoms with Crippen molar-refractivity contribution in [3.63, 3.8) is 0 Å². The number of hydrogen-bond acceptors (Lipinski definition) is 5. The molecule has 1 heterocycles. The summed E-state index contributed by atoms with van der Waals surface area (Å²) in [6, 6.07) is 7.73. The van der Waals surface area contributed by atoms with Crippen LogP contribution >= 0.6 is 15.9 Å². The first-order valence-electron chi connectivity index (χ1n) is 8.85. The molecule has 0 fully saturated rings. The Kier molecular flexibility index (Phi) is 7.87. The Hall–Kier alpha value is -2.14. The van der Waals surface area contributed by atoms with E-state index in [2.05, 4.69) is 30.3 Å². The van der Waals surface area contributed by atoms with E-state index in [-0.39, 0.29) is 16.5 Å². The van der Waals surface area contributed by atoms with Gasteiger partial charge in [0.15, 0.2) is 0 Å². The average Bonchev–Trinajstić information content (AvgIpc) is 2.67. The van der Waals surface area contributed by atoms with Crippen molar-refractivity contribution < 1.29 is 22.1 Å². The summed E-state index contributed by atoms with van der Waals surface area (Å²) in [4.78, 5) is 10.8. The number of ether oxygens (including phenoxy) is 1. The van der Waals surface area contributed by atoms with Crippen LogP contribution in [0.2, 0.25) is 0 Å². The van der Waals surface area contributed by atoms with E-state index in [1.165, 1.54) is 18.2 Å². The van der Waals surface area contributed by atoms with E-state index in [0.29, 0.717) is 15.9 Å². The lowest BCUT2D eigenvalue weighted by Gasteiger charge is -2.12. The number of aryl methyl sites for hydroxylation is 1. The van der Waals surface area contributed by atoms with E-state index in [1.807, 2.05) is 18.9 Å². The molecule has 0 bridgehead atoms. The van der Waals surface area contributed by atoms with Crippen LogP contribution in [0.3, 0.4) is 0 Å². The van der Waals surface area contributed by atoms with Crippen LogP contribution in [0.25, 0.3) is 0 Å². The molecule has 11 heteroatoms. The molecule has 0 saturated heterocycles. The predicted octanol–water partition coefficient (Wildman–Crippen LogP) is 5.58. The Labute approximate surface area is 182 Å². The van der Waals surface area contributed by atoms with Gasteiger partial charge in [-0.25, -0.2) is 18.5 Å². The monoisotopic (exact) mass is 506 g/mol. The molecule has 1 atom stereocenters. The Bertz CT molecular complexity index is 1050. The van der Waals surface area contributed by atoms with Gasteiger partial charge in [0.05, 0.1) is 36.8 Å². The van der Waals surface area contributed by atoms with Gasteiger partial charge in [-0.05, 0) is 54.0 Å². The lowest BCUT2D eigenvalue weighted by molar-refractivity contribution is -0.117. The minimum atomic E-state index is -4.52. The molecule has 0 N–H and O–H groups in total. The molecule has 30 heavy (non-hydrogen) atoms. The van der Waals surface area contributed by atoms with E-state index in [1.54, 1.807) is 25.4 Å². The maximum atomic E-state index is 12.6. The van der Waals surface area contributed by atoms with Crippen molar-refractivity contribution in [2.75, 3.05) is 26.4 Å². The lowest BCUT2D eigenvalue weighted by Crippen LogP contribution is -2.14. The van der Waals surface area contributed by atoms with E-state index < -0.39 is 22.5 Å². The zero-order valence-corrected chi connectivity index (χ0v) is 19.3. The van der Waals surface area contributed by atoms with Gasteiger partial charge in [0, 0.05) is 19.8 Å². The van der Waals surface area contributed by atoms with Gasteiger partial charge in [-0.1, -0.05) is 6.07 Å². The Morgan fingerprint density at radius 1 is 1.33 bits per heavy atom. The maximum Gasteiger partial charge on any atom is 0.408 e. The van der Waals surface area contributed by atoms with Crippen molar-refractivity contribution in [1.29, 1.82) is 0 Å². The summed E-state index contributed by atoms with van der Waals surface area (Å²) in [5.41, 5.74) is 1.29. The average molecular weight is 507 g/mol. The van der Waals surface area contributed by atoms with Crippen LogP contribution in [0.4, 0.5) is 18.9 Å². The number of halogens is 4. The standard InChI is InChI=1S/C19H22BrF3N4O2S/c1-5-27(3)12-24-17-10-16(20)18(26-13(17)2)29-14-7-6-8-15(9-14)30(4,28)25-11-19(21,22)23/h6-10,12H,5,11H2,1-4H3/b24-12-. The van der Waals surface area contributed by atoms with Crippen molar-refractivity contribution in [2.24, 2.45) is 9.36 Å². The molecule has 0 saturated carbocycles. The van der Waals surface area contributed by atoms with Crippen LogP contribution in [0.5, 0.6) is 11.6 Å².